The zero-order chi connectivity index (χ0) is 46.0. The third-order valence-electron chi connectivity index (χ3n) is 18.9. The second kappa shape index (κ2) is 16.7. The highest BCUT2D eigenvalue weighted by molar-refractivity contribution is 5.76. The van der Waals surface area contributed by atoms with Crippen LogP contribution in [0, 0.1) is 50.2 Å². The Morgan fingerprint density at radius 2 is 1.38 bits per heavy atom. The molecule has 0 spiro atoms. The standard InChI is InChI=1S/C47H76O16/c1-22-30(50)33(53)35(55)38(59-22)62-37-34(54)32(52)26(20-48)60-40(37)63-36-31(51)25(49)21-58-39(36)61-29-12-13-44(6)27(43(29,4)5)11-14-46(8)28(44)10-9-23-24-19-42(2,3)15-17-47(24,41(56)57)18-16-45(23,46)7/h9,22,24-40,48-55H,10-21H2,1-8H3,(H,56,57). The van der Waals surface area contributed by atoms with Crippen LogP contribution in [0.5, 0.6) is 0 Å². The lowest BCUT2D eigenvalue weighted by Crippen LogP contribution is -2.67. The Balaban J connectivity index is 1.03. The Morgan fingerprint density at radius 1 is 0.714 bits per heavy atom. The quantitative estimate of drug-likeness (QED) is 0.125. The Hall–Kier alpha value is -1.35. The molecule has 0 aromatic rings. The molecule has 4 saturated carbocycles. The van der Waals surface area contributed by atoms with E-state index in [9.17, 15) is 50.8 Å². The summed E-state index contributed by atoms with van der Waals surface area (Å²) in [4.78, 5) is 13.1. The third-order valence-corrected chi connectivity index (χ3v) is 18.9. The molecular formula is C47H76O16. The van der Waals surface area contributed by atoms with Crippen molar-refractivity contribution in [1.82, 2.24) is 0 Å². The summed E-state index contributed by atoms with van der Waals surface area (Å²) in [6.07, 6.45) is -10.7. The first kappa shape index (κ1) is 48.1. The highest BCUT2D eigenvalue weighted by Crippen LogP contribution is 2.76. The number of carboxylic acids is 1. The van der Waals surface area contributed by atoms with Crippen molar-refractivity contribution >= 4 is 5.97 Å². The minimum absolute atomic E-state index is 0.0300. The molecule has 8 rings (SSSR count). The Morgan fingerprint density at radius 3 is 2.06 bits per heavy atom. The van der Waals surface area contributed by atoms with E-state index in [2.05, 4.69) is 54.5 Å². The highest BCUT2D eigenvalue weighted by atomic mass is 16.8. The highest BCUT2D eigenvalue weighted by Gasteiger charge is 2.70. The molecular weight excluding hydrogens is 821 g/mol. The van der Waals surface area contributed by atoms with Gasteiger partial charge in [0.15, 0.2) is 18.9 Å². The zero-order valence-electron chi connectivity index (χ0n) is 38.3. The number of ether oxygens (including phenoxy) is 6. The number of aliphatic hydroxyl groups is 8. The van der Waals surface area contributed by atoms with Crippen molar-refractivity contribution in [3.8, 4) is 0 Å². The molecule has 5 aliphatic carbocycles. The summed E-state index contributed by atoms with van der Waals surface area (Å²) in [5.74, 6) is -0.0241. The number of aliphatic hydroxyl groups excluding tert-OH is 8. The third kappa shape index (κ3) is 7.51. The van der Waals surface area contributed by atoms with Gasteiger partial charge in [-0.25, -0.2) is 0 Å². The number of fused-ring (bicyclic) bond motifs is 7. The van der Waals surface area contributed by atoms with Gasteiger partial charge in [-0.05, 0) is 116 Å². The fourth-order valence-electron chi connectivity index (χ4n) is 14.8. The SMILES string of the molecule is CC1OC(OC2C(OC3C(OC4CCC5(C)C(CCC6(C)C5CC=C5C7CC(C)(C)CCC7(C(=O)O)CCC56C)C4(C)C)OCC(O)C3O)OC(CO)C(O)C2O)C(O)C(O)C1O. The average molecular weight is 897 g/mol. The van der Waals surface area contributed by atoms with Crippen molar-refractivity contribution in [2.24, 2.45) is 50.2 Å². The van der Waals surface area contributed by atoms with Crippen LogP contribution < -0.4 is 0 Å². The smallest absolute Gasteiger partial charge is 0.310 e. The van der Waals surface area contributed by atoms with Gasteiger partial charge in [0.1, 0.15) is 61.0 Å². The van der Waals surface area contributed by atoms with Gasteiger partial charge >= 0.3 is 5.97 Å². The number of rotatable bonds is 8. The van der Waals surface area contributed by atoms with Crippen LogP contribution in [0.4, 0.5) is 0 Å². The van der Waals surface area contributed by atoms with E-state index < -0.39 is 109 Å². The Bertz CT molecular complexity index is 1720. The van der Waals surface area contributed by atoms with Crippen LogP contribution in [0.25, 0.3) is 0 Å². The maximum atomic E-state index is 13.1. The van der Waals surface area contributed by atoms with E-state index in [0.29, 0.717) is 18.8 Å². The van der Waals surface area contributed by atoms with Crippen LogP contribution in [-0.4, -0.2) is 157 Å². The van der Waals surface area contributed by atoms with E-state index in [1.165, 1.54) is 12.5 Å². The Kier molecular flexibility index (Phi) is 12.8. The molecule has 0 radical (unpaired) electrons. The number of hydrogen-bond donors (Lipinski definition) is 9. The summed E-state index contributed by atoms with van der Waals surface area (Å²) >= 11 is 0. The lowest BCUT2D eigenvalue weighted by molar-refractivity contribution is -0.392. The van der Waals surface area contributed by atoms with Gasteiger partial charge in [0.05, 0.1) is 30.8 Å². The molecule has 63 heavy (non-hydrogen) atoms. The fraction of sp³-hybridized carbons (Fsp3) is 0.936. The average Bonchev–Trinajstić information content (AvgIpc) is 3.21. The number of hydrogen-bond acceptors (Lipinski definition) is 15. The molecule has 0 aromatic carbocycles. The molecule has 22 unspecified atom stereocenters. The molecule has 3 heterocycles. The predicted molar refractivity (Wildman–Crippen MR) is 223 cm³/mol. The summed E-state index contributed by atoms with van der Waals surface area (Å²) in [5, 5.41) is 96.7. The van der Waals surface area contributed by atoms with E-state index in [1.807, 2.05) is 0 Å². The molecule has 0 bridgehead atoms. The predicted octanol–water partition coefficient (Wildman–Crippen LogP) is 2.37. The van der Waals surface area contributed by atoms with Crippen molar-refractivity contribution in [2.75, 3.05) is 13.2 Å². The topological polar surface area (TPSA) is 255 Å². The van der Waals surface area contributed by atoms with Gasteiger partial charge in [-0.2, -0.15) is 0 Å². The maximum Gasteiger partial charge on any atom is 0.310 e. The number of carbonyl (C=O) groups is 1. The van der Waals surface area contributed by atoms with E-state index in [1.54, 1.807) is 0 Å². The van der Waals surface area contributed by atoms with E-state index in [0.717, 1.165) is 51.4 Å². The van der Waals surface area contributed by atoms with Crippen molar-refractivity contribution < 1.29 is 79.2 Å². The summed E-state index contributed by atoms with van der Waals surface area (Å²) in [6, 6.07) is 0. The van der Waals surface area contributed by atoms with Crippen molar-refractivity contribution in [3.05, 3.63) is 11.6 Å². The van der Waals surface area contributed by atoms with Gasteiger partial charge in [-0.1, -0.05) is 60.1 Å². The number of allylic oxidation sites excluding steroid dienone is 2. The molecule has 9 N–H and O–H groups in total. The van der Waals surface area contributed by atoms with Crippen molar-refractivity contribution in [3.63, 3.8) is 0 Å². The van der Waals surface area contributed by atoms with Crippen LogP contribution in [0.15, 0.2) is 11.6 Å². The number of aliphatic carboxylic acids is 1. The second-order valence-electron chi connectivity index (χ2n) is 23.0. The molecule has 7 fully saturated rings. The van der Waals surface area contributed by atoms with Gasteiger partial charge in [0.2, 0.25) is 0 Å². The molecule has 16 nitrogen and oxygen atoms in total. The molecule has 8 aliphatic rings. The normalized spacial score (nSPS) is 54.1. The fourth-order valence-corrected chi connectivity index (χ4v) is 14.8. The van der Waals surface area contributed by atoms with Gasteiger partial charge in [-0.3, -0.25) is 4.79 Å². The molecule has 22 atom stereocenters. The van der Waals surface area contributed by atoms with Crippen molar-refractivity contribution in [1.29, 1.82) is 0 Å². The van der Waals surface area contributed by atoms with Crippen LogP contribution in [0.2, 0.25) is 0 Å². The zero-order valence-corrected chi connectivity index (χ0v) is 38.3. The first-order valence-corrected chi connectivity index (χ1v) is 23.6. The van der Waals surface area contributed by atoms with Gasteiger partial charge < -0.3 is 74.4 Å². The summed E-state index contributed by atoms with van der Waals surface area (Å²) < 4.78 is 36.7. The second-order valence-corrected chi connectivity index (χ2v) is 23.0. The first-order valence-electron chi connectivity index (χ1n) is 23.6. The van der Waals surface area contributed by atoms with E-state index in [-0.39, 0.29) is 46.2 Å². The maximum absolute atomic E-state index is 13.1. The van der Waals surface area contributed by atoms with E-state index >= 15 is 0 Å². The van der Waals surface area contributed by atoms with Crippen LogP contribution in [0.1, 0.15) is 120 Å². The molecule has 16 heteroatoms. The Labute approximate surface area is 371 Å². The largest absolute Gasteiger partial charge is 0.481 e. The minimum atomic E-state index is -1.79. The van der Waals surface area contributed by atoms with Gasteiger partial charge in [0.25, 0.3) is 0 Å². The summed E-state index contributed by atoms with van der Waals surface area (Å²) in [6.45, 7) is 16.9. The van der Waals surface area contributed by atoms with Gasteiger partial charge in [0, 0.05) is 0 Å². The molecule has 3 saturated heterocycles. The molecule has 0 amide bonds. The summed E-state index contributed by atoms with van der Waals surface area (Å²) in [5.41, 5.74) is 0.124. The van der Waals surface area contributed by atoms with Crippen LogP contribution in [0.3, 0.4) is 0 Å². The van der Waals surface area contributed by atoms with Crippen LogP contribution in [-0.2, 0) is 33.2 Å². The van der Waals surface area contributed by atoms with Crippen molar-refractivity contribution in [2.45, 2.75) is 212 Å². The lowest BCUT2D eigenvalue weighted by atomic mass is 9.33. The first-order chi connectivity index (χ1) is 29.4. The molecule has 3 aliphatic heterocycles. The molecule has 0 aromatic heterocycles. The monoisotopic (exact) mass is 897 g/mol. The molecule has 360 valence electrons. The minimum Gasteiger partial charge on any atom is -0.481 e. The van der Waals surface area contributed by atoms with Crippen LogP contribution >= 0.6 is 0 Å². The van der Waals surface area contributed by atoms with Gasteiger partial charge in [-0.15, -0.1) is 0 Å². The lowest BCUT2D eigenvalue weighted by Gasteiger charge is -2.71. The summed E-state index contributed by atoms with van der Waals surface area (Å²) in [7, 11) is 0. The van der Waals surface area contributed by atoms with E-state index in [4.69, 9.17) is 28.4 Å². The number of carboxylic acid groups (broad SMARTS) is 1.